The Morgan fingerprint density at radius 1 is 1.03 bits per heavy atom. The monoisotopic (exact) mass is 464 g/mol. The molecule has 0 unspecified atom stereocenters. The summed E-state index contributed by atoms with van der Waals surface area (Å²) in [6, 6.07) is 11.1. The van der Waals surface area contributed by atoms with Gasteiger partial charge in [0.25, 0.3) is 0 Å². The van der Waals surface area contributed by atoms with Crippen molar-refractivity contribution in [3.05, 3.63) is 59.4 Å². The molecule has 32 heavy (non-hydrogen) atoms. The number of methoxy groups -OCH3 is 2. The van der Waals surface area contributed by atoms with Gasteiger partial charge in [-0.3, -0.25) is 4.79 Å². The van der Waals surface area contributed by atoms with Crippen LogP contribution in [-0.2, 0) is 27.0 Å². The van der Waals surface area contributed by atoms with Crippen LogP contribution >= 0.6 is 0 Å². The Kier molecular flexibility index (Phi) is 8.09. The molecule has 3 rings (SSSR count). The molecule has 2 aromatic rings. The molecule has 0 radical (unpaired) electrons. The van der Waals surface area contributed by atoms with Crippen molar-refractivity contribution in [1.82, 2.24) is 9.62 Å². The van der Waals surface area contributed by atoms with Gasteiger partial charge in [-0.25, -0.2) is 17.1 Å². The molecule has 0 aliphatic carbocycles. The number of amides is 1. The highest BCUT2D eigenvalue weighted by Gasteiger charge is 2.31. The van der Waals surface area contributed by atoms with Gasteiger partial charge in [0, 0.05) is 25.6 Å². The molecular formula is C23H29FN2O5S. The van der Waals surface area contributed by atoms with Crippen molar-refractivity contribution < 1.29 is 27.1 Å². The standard InChI is InChI=1S/C23H29FN2O5S/c1-30-21-8-5-17(15-22(21)31-2)9-12-25-23(27)19-10-13-26(14-11-19)32(28,29)16-18-3-6-20(24)7-4-18/h3-8,15,19H,9-14,16H2,1-2H3,(H,25,27). The molecule has 0 spiro atoms. The molecule has 1 saturated heterocycles. The van der Waals surface area contributed by atoms with E-state index in [-0.39, 0.29) is 17.6 Å². The van der Waals surface area contributed by atoms with Crippen LogP contribution in [-0.4, -0.2) is 52.5 Å². The number of piperidine rings is 1. The van der Waals surface area contributed by atoms with E-state index in [4.69, 9.17) is 9.47 Å². The number of benzene rings is 2. The zero-order valence-electron chi connectivity index (χ0n) is 18.3. The zero-order valence-corrected chi connectivity index (χ0v) is 19.2. The van der Waals surface area contributed by atoms with E-state index < -0.39 is 15.8 Å². The van der Waals surface area contributed by atoms with Crippen molar-refractivity contribution in [2.75, 3.05) is 33.9 Å². The van der Waals surface area contributed by atoms with E-state index in [0.29, 0.717) is 56.0 Å². The molecule has 1 N–H and O–H groups in total. The topological polar surface area (TPSA) is 84.9 Å². The molecule has 0 aromatic heterocycles. The van der Waals surface area contributed by atoms with Crippen molar-refractivity contribution in [1.29, 1.82) is 0 Å². The largest absolute Gasteiger partial charge is 0.493 e. The molecule has 1 heterocycles. The van der Waals surface area contributed by atoms with Crippen LogP contribution in [0.3, 0.4) is 0 Å². The Morgan fingerprint density at radius 2 is 1.66 bits per heavy atom. The molecule has 9 heteroatoms. The van der Waals surface area contributed by atoms with Gasteiger partial charge in [0.15, 0.2) is 11.5 Å². The summed E-state index contributed by atoms with van der Waals surface area (Å²) in [7, 11) is -0.347. The Morgan fingerprint density at radius 3 is 2.28 bits per heavy atom. The second kappa shape index (κ2) is 10.8. The maximum absolute atomic E-state index is 13.0. The summed E-state index contributed by atoms with van der Waals surface area (Å²) in [6.07, 6.45) is 1.60. The fourth-order valence-corrected chi connectivity index (χ4v) is 5.35. The van der Waals surface area contributed by atoms with Gasteiger partial charge in [-0.15, -0.1) is 0 Å². The lowest BCUT2D eigenvalue weighted by atomic mass is 9.97. The van der Waals surface area contributed by atoms with Gasteiger partial charge in [0.1, 0.15) is 5.82 Å². The molecule has 2 aromatic carbocycles. The maximum Gasteiger partial charge on any atom is 0.223 e. The summed E-state index contributed by atoms with van der Waals surface area (Å²) in [5.41, 5.74) is 1.56. The molecule has 1 aliphatic heterocycles. The summed E-state index contributed by atoms with van der Waals surface area (Å²) >= 11 is 0. The SMILES string of the molecule is COc1ccc(CCNC(=O)C2CCN(S(=O)(=O)Cc3ccc(F)cc3)CC2)cc1OC. The first-order valence-electron chi connectivity index (χ1n) is 10.5. The second-order valence-corrected chi connectivity index (χ2v) is 9.76. The second-order valence-electron chi connectivity index (χ2n) is 7.79. The van der Waals surface area contributed by atoms with Gasteiger partial charge in [-0.05, 0) is 54.7 Å². The number of halogens is 1. The van der Waals surface area contributed by atoms with Crippen LogP contribution in [0.15, 0.2) is 42.5 Å². The van der Waals surface area contributed by atoms with E-state index >= 15 is 0 Å². The van der Waals surface area contributed by atoms with Crippen LogP contribution in [0.2, 0.25) is 0 Å². The lowest BCUT2D eigenvalue weighted by Gasteiger charge is -2.30. The fourth-order valence-electron chi connectivity index (χ4n) is 3.79. The predicted octanol–water partition coefficient (Wildman–Crippen LogP) is 2.74. The number of nitrogens with one attached hydrogen (secondary N) is 1. The van der Waals surface area contributed by atoms with Gasteiger partial charge in [0.05, 0.1) is 20.0 Å². The molecule has 0 bridgehead atoms. The number of carbonyl (C=O) groups is 1. The highest BCUT2D eigenvalue weighted by Crippen LogP contribution is 2.27. The average Bonchev–Trinajstić information content (AvgIpc) is 2.80. The van der Waals surface area contributed by atoms with Gasteiger partial charge in [-0.1, -0.05) is 18.2 Å². The highest BCUT2D eigenvalue weighted by atomic mass is 32.2. The molecule has 1 aliphatic rings. The fraction of sp³-hybridized carbons (Fsp3) is 0.435. The summed E-state index contributed by atoms with van der Waals surface area (Å²) in [6.45, 7) is 1.09. The molecule has 0 atom stereocenters. The Labute approximate surface area is 188 Å². The van der Waals surface area contributed by atoms with Crippen molar-refractivity contribution in [2.45, 2.75) is 25.0 Å². The molecule has 1 amide bonds. The first-order valence-corrected chi connectivity index (χ1v) is 12.1. The van der Waals surface area contributed by atoms with Crippen molar-refractivity contribution in [3.8, 4) is 11.5 Å². The van der Waals surface area contributed by atoms with Crippen LogP contribution in [0.1, 0.15) is 24.0 Å². The predicted molar refractivity (Wildman–Crippen MR) is 120 cm³/mol. The maximum atomic E-state index is 13.0. The van der Waals surface area contributed by atoms with Gasteiger partial charge < -0.3 is 14.8 Å². The molecule has 174 valence electrons. The lowest BCUT2D eigenvalue weighted by Crippen LogP contribution is -2.43. The Hall–Kier alpha value is -2.65. The van der Waals surface area contributed by atoms with Crippen LogP contribution in [0.25, 0.3) is 0 Å². The van der Waals surface area contributed by atoms with E-state index in [2.05, 4.69) is 5.32 Å². The zero-order chi connectivity index (χ0) is 23.1. The number of nitrogens with zero attached hydrogens (tertiary/aromatic N) is 1. The van der Waals surface area contributed by atoms with Crippen LogP contribution in [0.4, 0.5) is 4.39 Å². The number of hydrogen-bond donors (Lipinski definition) is 1. The van der Waals surface area contributed by atoms with Crippen molar-refractivity contribution in [3.63, 3.8) is 0 Å². The number of ether oxygens (including phenoxy) is 2. The minimum Gasteiger partial charge on any atom is -0.493 e. The summed E-state index contributed by atoms with van der Waals surface area (Å²) in [5.74, 6) is 0.463. The smallest absolute Gasteiger partial charge is 0.223 e. The van der Waals surface area contributed by atoms with E-state index in [1.807, 2.05) is 18.2 Å². The van der Waals surface area contributed by atoms with Crippen LogP contribution < -0.4 is 14.8 Å². The van der Waals surface area contributed by atoms with Crippen molar-refractivity contribution in [2.24, 2.45) is 5.92 Å². The number of sulfonamides is 1. The quantitative estimate of drug-likeness (QED) is 0.617. The summed E-state index contributed by atoms with van der Waals surface area (Å²) in [5, 5.41) is 2.95. The molecular weight excluding hydrogens is 435 g/mol. The van der Waals surface area contributed by atoms with Crippen LogP contribution in [0.5, 0.6) is 11.5 Å². The number of carbonyl (C=O) groups excluding carboxylic acids is 1. The molecule has 7 nitrogen and oxygen atoms in total. The molecule has 1 fully saturated rings. The first kappa shape index (κ1) is 24.0. The highest BCUT2D eigenvalue weighted by molar-refractivity contribution is 7.88. The van der Waals surface area contributed by atoms with E-state index in [9.17, 15) is 17.6 Å². The normalized spacial score (nSPS) is 15.3. The van der Waals surface area contributed by atoms with Crippen molar-refractivity contribution >= 4 is 15.9 Å². The third-order valence-corrected chi connectivity index (χ3v) is 7.49. The minimum absolute atomic E-state index is 0.0546. The van der Waals surface area contributed by atoms with E-state index in [1.165, 1.54) is 28.6 Å². The average molecular weight is 465 g/mol. The minimum atomic E-state index is -3.51. The summed E-state index contributed by atoms with van der Waals surface area (Å²) in [4.78, 5) is 12.5. The first-order chi connectivity index (χ1) is 15.3. The number of rotatable bonds is 9. The van der Waals surface area contributed by atoms with E-state index in [1.54, 1.807) is 14.2 Å². The molecule has 0 saturated carbocycles. The van der Waals surface area contributed by atoms with E-state index in [0.717, 1.165) is 5.56 Å². The van der Waals surface area contributed by atoms with Gasteiger partial charge in [-0.2, -0.15) is 0 Å². The summed E-state index contributed by atoms with van der Waals surface area (Å²) < 4.78 is 50.3. The van der Waals surface area contributed by atoms with Crippen LogP contribution in [0, 0.1) is 11.7 Å². The van der Waals surface area contributed by atoms with Gasteiger partial charge >= 0.3 is 0 Å². The third kappa shape index (κ3) is 6.20. The number of hydrogen-bond acceptors (Lipinski definition) is 5. The third-order valence-electron chi connectivity index (χ3n) is 5.64. The van der Waals surface area contributed by atoms with Gasteiger partial charge in [0.2, 0.25) is 15.9 Å². The Balaban J connectivity index is 1.45. The lowest BCUT2D eigenvalue weighted by molar-refractivity contribution is -0.126. The Bertz CT molecular complexity index is 1020.